The highest BCUT2D eigenvalue weighted by Gasteiger charge is 2.17. The molecule has 1 atom stereocenters. The number of rotatable bonds is 3. The molecule has 0 fully saturated rings. The van der Waals surface area contributed by atoms with Crippen molar-refractivity contribution < 1.29 is 4.39 Å². The largest absolute Gasteiger partial charge is 0.322 e. The van der Waals surface area contributed by atoms with Gasteiger partial charge in [-0.2, -0.15) is 0 Å². The lowest BCUT2D eigenvalue weighted by molar-refractivity contribution is 0.497. The Hall–Kier alpha value is -1.10. The third-order valence-electron chi connectivity index (χ3n) is 2.97. The first-order valence-corrected chi connectivity index (χ1v) is 6.60. The minimum Gasteiger partial charge on any atom is -0.322 e. The Morgan fingerprint density at radius 3 is 2.37 bits per heavy atom. The maximum atomic E-state index is 13.4. The van der Waals surface area contributed by atoms with Crippen LogP contribution in [0.15, 0.2) is 24.7 Å². The van der Waals surface area contributed by atoms with Crippen LogP contribution in [-0.2, 0) is 0 Å². The molecule has 6 heteroatoms. The van der Waals surface area contributed by atoms with Crippen LogP contribution in [0.3, 0.4) is 0 Å². The summed E-state index contributed by atoms with van der Waals surface area (Å²) < 4.78 is 15.2. The summed E-state index contributed by atoms with van der Waals surface area (Å²) in [5.74, 6) is -0.372. The molecule has 3 nitrogen and oxygen atoms in total. The molecular weight excluding hydrogens is 288 g/mol. The van der Waals surface area contributed by atoms with Crippen molar-refractivity contribution in [1.82, 2.24) is 9.55 Å². The molecule has 0 spiro atoms. The van der Waals surface area contributed by atoms with Crippen molar-refractivity contribution in [3.63, 3.8) is 0 Å². The number of hydrogen-bond acceptors (Lipinski definition) is 2. The Balaban J connectivity index is 2.52. The van der Waals surface area contributed by atoms with Gasteiger partial charge in [-0.15, -0.1) is 0 Å². The lowest BCUT2D eigenvalue weighted by Crippen LogP contribution is -2.19. The van der Waals surface area contributed by atoms with E-state index in [1.807, 2.05) is 13.8 Å². The van der Waals surface area contributed by atoms with E-state index in [1.165, 1.54) is 12.1 Å². The van der Waals surface area contributed by atoms with Gasteiger partial charge in [0.05, 0.1) is 28.3 Å². The monoisotopic (exact) mass is 301 g/mol. The molecule has 0 aliphatic carbocycles. The summed E-state index contributed by atoms with van der Waals surface area (Å²) in [6, 6.07) is 2.83. The Morgan fingerprint density at radius 1 is 1.26 bits per heavy atom. The maximum Gasteiger partial charge on any atom is 0.160 e. The Labute approximate surface area is 121 Å². The fourth-order valence-electron chi connectivity index (χ4n) is 1.79. The number of aromatic nitrogens is 2. The summed E-state index contributed by atoms with van der Waals surface area (Å²) in [5, 5.41) is -0.0551. The van der Waals surface area contributed by atoms with Gasteiger partial charge in [0, 0.05) is 11.7 Å². The fourth-order valence-corrected chi connectivity index (χ4v) is 2.27. The zero-order chi connectivity index (χ0) is 14.2. The lowest BCUT2D eigenvalue weighted by Gasteiger charge is -2.18. The Bertz CT molecular complexity index is 572. The van der Waals surface area contributed by atoms with Crippen LogP contribution in [-0.4, -0.2) is 9.55 Å². The first-order valence-electron chi connectivity index (χ1n) is 5.84. The summed E-state index contributed by atoms with van der Waals surface area (Å²) in [6.45, 7) is 4.04. The first-order chi connectivity index (χ1) is 8.91. The van der Waals surface area contributed by atoms with Crippen molar-refractivity contribution in [3.8, 4) is 5.69 Å². The van der Waals surface area contributed by atoms with E-state index >= 15 is 0 Å². The van der Waals surface area contributed by atoms with E-state index < -0.39 is 5.82 Å². The maximum absolute atomic E-state index is 13.4. The van der Waals surface area contributed by atoms with Crippen LogP contribution >= 0.6 is 23.2 Å². The zero-order valence-corrected chi connectivity index (χ0v) is 12.1. The molecule has 0 aliphatic rings. The van der Waals surface area contributed by atoms with Crippen molar-refractivity contribution in [2.45, 2.75) is 19.9 Å². The van der Waals surface area contributed by atoms with Crippen molar-refractivity contribution in [3.05, 3.63) is 46.2 Å². The third kappa shape index (κ3) is 2.76. The van der Waals surface area contributed by atoms with Crippen molar-refractivity contribution in [2.75, 3.05) is 0 Å². The van der Waals surface area contributed by atoms with Gasteiger partial charge in [-0.1, -0.05) is 37.0 Å². The summed E-state index contributed by atoms with van der Waals surface area (Å²) in [5.41, 5.74) is 7.59. The second kappa shape index (κ2) is 5.49. The van der Waals surface area contributed by atoms with E-state index in [1.54, 1.807) is 17.1 Å². The van der Waals surface area contributed by atoms with Gasteiger partial charge >= 0.3 is 0 Å². The number of halogens is 3. The molecule has 1 heterocycles. The number of nitrogens with two attached hydrogens (primary N) is 1. The smallest absolute Gasteiger partial charge is 0.160 e. The van der Waals surface area contributed by atoms with Gasteiger partial charge < -0.3 is 10.3 Å². The van der Waals surface area contributed by atoms with Crippen LogP contribution in [0.4, 0.5) is 4.39 Å². The molecule has 0 saturated carbocycles. The third-order valence-corrected chi connectivity index (χ3v) is 3.52. The van der Waals surface area contributed by atoms with Crippen LogP contribution in [0.5, 0.6) is 0 Å². The minimum absolute atomic E-state index is 0.0275. The number of benzene rings is 1. The quantitative estimate of drug-likeness (QED) is 0.872. The number of nitrogens with zero attached hydrogens (tertiary/aromatic N) is 2. The zero-order valence-electron chi connectivity index (χ0n) is 10.6. The van der Waals surface area contributed by atoms with Gasteiger partial charge in [-0.3, -0.25) is 0 Å². The van der Waals surface area contributed by atoms with Crippen LogP contribution in [0.2, 0.25) is 10.0 Å². The van der Waals surface area contributed by atoms with E-state index in [2.05, 4.69) is 4.98 Å². The second-order valence-electron chi connectivity index (χ2n) is 4.68. The molecule has 1 aromatic heterocycles. The highest BCUT2D eigenvalue weighted by atomic mass is 35.5. The molecule has 0 amide bonds. The molecule has 2 aromatic rings. The van der Waals surface area contributed by atoms with E-state index in [0.29, 0.717) is 5.69 Å². The Morgan fingerprint density at radius 2 is 1.84 bits per heavy atom. The first kappa shape index (κ1) is 14.3. The second-order valence-corrected chi connectivity index (χ2v) is 5.50. The standard InChI is InChI=1S/C13H14Cl2FN3/c1-7(2)13(17)11-5-18-6-19(11)8-3-9(14)12(16)10(15)4-8/h3-7,13H,17H2,1-2H3. The molecule has 0 radical (unpaired) electrons. The van der Waals surface area contributed by atoms with Crippen molar-refractivity contribution >= 4 is 23.2 Å². The molecule has 19 heavy (non-hydrogen) atoms. The highest BCUT2D eigenvalue weighted by Crippen LogP contribution is 2.29. The molecule has 2 rings (SSSR count). The highest BCUT2D eigenvalue weighted by molar-refractivity contribution is 6.35. The van der Waals surface area contributed by atoms with Crippen LogP contribution in [0, 0.1) is 11.7 Å². The van der Waals surface area contributed by atoms with Crippen molar-refractivity contribution in [2.24, 2.45) is 11.7 Å². The molecule has 0 saturated heterocycles. The summed E-state index contributed by atoms with van der Waals surface area (Å²) in [4.78, 5) is 4.09. The predicted molar refractivity (Wildman–Crippen MR) is 75.3 cm³/mol. The van der Waals surface area contributed by atoms with Crippen LogP contribution in [0.25, 0.3) is 5.69 Å². The molecule has 2 N–H and O–H groups in total. The fraction of sp³-hybridized carbons (Fsp3) is 0.308. The summed E-state index contributed by atoms with van der Waals surface area (Å²) >= 11 is 11.6. The average molecular weight is 302 g/mol. The van der Waals surface area contributed by atoms with E-state index in [4.69, 9.17) is 28.9 Å². The number of hydrogen-bond donors (Lipinski definition) is 1. The molecule has 102 valence electrons. The SMILES string of the molecule is CC(C)C(N)c1cncn1-c1cc(Cl)c(F)c(Cl)c1. The summed E-state index contributed by atoms with van der Waals surface area (Å²) in [6.07, 6.45) is 3.30. The van der Waals surface area contributed by atoms with Crippen molar-refractivity contribution in [1.29, 1.82) is 0 Å². The van der Waals surface area contributed by atoms with E-state index in [-0.39, 0.29) is 22.0 Å². The minimum atomic E-state index is -0.623. The van der Waals surface area contributed by atoms with Gasteiger partial charge in [0.15, 0.2) is 5.82 Å². The van der Waals surface area contributed by atoms with Gasteiger partial charge in [0.2, 0.25) is 0 Å². The summed E-state index contributed by atoms with van der Waals surface area (Å²) in [7, 11) is 0. The van der Waals surface area contributed by atoms with E-state index in [9.17, 15) is 4.39 Å². The molecular formula is C13H14Cl2FN3. The van der Waals surface area contributed by atoms with Gasteiger partial charge in [-0.25, -0.2) is 9.37 Å². The number of imidazole rings is 1. The molecule has 1 aromatic carbocycles. The van der Waals surface area contributed by atoms with Gasteiger partial charge in [0.25, 0.3) is 0 Å². The normalized spacial score (nSPS) is 13.0. The predicted octanol–water partition coefficient (Wildman–Crippen LogP) is 3.97. The van der Waals surface area contributed by atoms with Crippen LogP contribution < -0.4 is 5.73 Å². The molecule has 0 aliphatic heterocycles. The lowest BCUT2D eigenvalue weighted by atomic mass is 10.0. The topological polar surface area (TPSA) is 43.8 Å². The van der Waals surface area contributed by atoms with E-state index in [0.717, 1.165) is 5.69 Å². The van der Waals surface area contributed by atoms with Crippen LogP contribution in [0.1, 0.15) is 25.6 Å². The van der Waals surface area contributed by atoms with Gasteiger partial charge in [0.1, 0.15) is 0 Å². The average Bonchev–Trinajstić information content (AvgIpc) is 2.83. The van der Waals surface area contributed by atoms with Gasteiger partial charge in [-0.05, 0) is 18.1 Å². The molecule has 1 unspecified atom stereocenters. The molecule has 0 bridgehead atoms. The Kier molecular flexibility index (Phi) is 4.13.